The Morgan fingerprint density at radius 3 is 1.95 bits per heavy atom. The Balaban J connectivity index is 1.27. The summed E-state index contributed by atoms with van der Waals surface area (Å²) in [6.45, 7) is 0.737. The number of thioether (sulfide) groups is 1. The summed E-state index contributed by atoms with van der Waals surface area (Å²) in [4.78, 5) is 76.1. The number of hydrogen-bond acceptors (Lipinski definition) is 11. The molecule has 7 amide bonds. The number of fused-ring (bicyclic) bond motifs is 1. The van der Waals surface area contributed by atoms with Crippen molar-refractivity contribution in [2.45, 2.75) is 120 Å². The maximum atomic E-state index is 14.3. The molecule has 0 saturated carbocycles. The molecule has 1 aromatic rings. The molecule has 352 valence electrons. The molecule has 1 aromatic carbocycles. The van der Waals surface area contributed by atoms with Crippen LogP contribution in [-0.4, -0.2) is 111 Å². The van der Waals surface area contributed by atoms with E-state index in [9.17, 15) is 54.7 Å². The monoisotopic (exact) mass is 952 g/mol. The summed E-state index contributed by atoms with van der Waals surface area (Å²) in [5.41, 5.74) is 5.28. The van der Waals surface area contributed by atoms with Gasteiger partial charge in [-0.15, -0.1) is 0 Å². The third-order valence-electron chi connectivity index (χ3n) is 10.1. The van der Waals surface area contributed by atoms with Crippen LogP contribution in [0.15, 0.2) is 5.11 Å². The predicted octanol–water partition coefficient (Wildman–Crippen LogP) is 4.46. The summed E-state index contributed by atoms with van der Waals surface area (Å²) in [7, 11) is -2.66. The van der Waals surface area contributed by atoms with Crippen molar-refractivity contribution in [1.82, 2.24) is 37.2 Å². The van der Waals surface area contributed by atoms with Gasteiger partial charge in [-0.1, -0.05) is 24.4 Å². The molecule has 25 heteroatoms. The SMILES string of the molecule is CS(=O)(=O)SCCNC(=O)[C@@H](CCCCNC(=O)CCCCCNC(=O)CCCC[C@H]1SC[C@H]2NC(=O)N[C@H]21)NC(=O)CCCCCNC(=O)c1c(F)c(F)c(N=[N+]=[N-])c(F)c1F. The number of nitrogens with one attached hydrogen (secondary N) is 7. The van der Waals surface area contributed by atoms with E-state index < -0.39 is 67.2 Å². The molecule has 0 aromatic heterocycles. The first-order valence-corrected chi connectivity index (χ1v) is 25.3. The van der Waals surface area contributed by atoms with Gasteiger partial charge >= 0.3 is 6.03 Å². The van der Waals surface area contributed by atoms with E-state index in [2.05, 4.69) is 47.2 Å². The Kier molecular flexibility index (Phi) is 23.2. The first-order chi connectivity index (χ1) is 30.0. The zero-order valence-electron chi connectivity index (χ0n) is 35.0. The predicted molar refractivity (Wildman–Crippen MR) is 230 cm³/mol. The standard InChI is InChI=1S/C38H56F4N10O8S3/c1-63(59,60)62-21-20-47-36(56)23(48-28(55)16-5-3-10-19-46-37(57)29-30(39)32(41)35(51-52-43)33(42)31(29)40)12-8-11-18-45-26(53)14-4-2-9-17-44-27(54)15-7-6-13-25-34-24(22-61-25)49-38(58)50-34/h23-25,34H,2-22H2,1H3,(H,44,54)(H,45,53)(H,46,57)(H,47,56)(H,48,55)(H2,49,50,58)/t23-,24-,25-,34-/m1/s1. The van der Waals surface area contributed by atoms with E-state index in [-0.39, 0.29) is 74.5 Å². The van der Waals surface area contributed by atoms with Crippen LogP contribution >= 0.6 is 22.6 Å². The second kappa shape index (κ2) is 27.6. The van der Waals surface area contributed by atoms with Crippen LogP contribution in [0.2, 0.25) is 0 Å². The lowest BCUT2D eigenvalue weighted by Crippen LogP contribution is -2.47. The normalized spacial score (nSPS) is 17.1. The number of halogens is 4. The smallest absolute Gasteiger partial charge is 0.315 e. The third-order valence-corrected chi connectivity index (χ3v) is 14.1. The average Bonchev–Trinajstić information content (AvgIpc) is 3.79. The summed E-state index contributed by atoms with van der Waals surface area (Å²) in [6, 6.07) is -0.708. The van der Waals surface area contributed by atoms with Gasteiger partial charge in [0.05, 0.1) is 12.1 Å². The number of carbonyl (C=O) groups is 6. The fraction of sp³-hybridized carbons (Fsp3) is 0.684. The molecule has 2 fully saturated rings. The Labute approximate surface area is 371 Å². The Bertz CT molecular complexity index is 1900. The molecule has 0 bridgehead atoms. The first-order valence-electron chi connectivity index (χ1n) is 20.8. The minimum absolute atomic E-state index is 0.00104. The van der Waals surface area contributed by atoms with Gasteiger partial charge in [0, 0.05) is 73.4 Å². The molecule has 0 aliphatic carbocycles. The van der Waals surface area contributed by atoms with Crippen LogP contribution in [0.3, 0.4) is 0 Å². The molecular formula is C38H56F4N10O8S3. The summed E-state index contributed by atoms with van der Waals surface area (Å²) in [5.74, 6) is -9.67. The number of carbonyl (C=O) groups excluding carboxylic acids is 6. The maximum absolute atomic E-state index is 14.3. The third kappa shape index (κ3) is 19.0. The minimum atomic E-state index is -3.32. The van der Waals surface area contributed by atoms with Crippen LogP contribution < -0.4 is 37.2 Å². The molecule has 2 aliphatic rings. The van der Waals surface area contributed by atoms with Crippen molar-refractivity contribution >= 4 is 72.7 Å². The zero-order chi connectivity index (χ0) is 46.4. The van der Waals surface area contributed by atoms with Crippen molar-refractivity contribution in [3.8, 4) is 0 Å². The van der Waals surface area contributed by atoms with Gasteiger partial charge < -0.3 is 37.2 Å². The molecule has 0 spiro atoms. The van der Waals surface area contributed by atoms with Crippen molar-refractivity contribution in [2.75, 3.05) is 43.9 Å². The minimum Gasteiger partial charge on any atom is -0.356 e. The van der Waals surface area contributed by atoms with E-state index in [1.807, 2.05) is 11.8 Å². The highest BCUT2D eigenvalue weighted by Crippen LogP contribution is 2.33. The molecular weight excluding hydrogens is 897 g/mol. The average molecular weight is 953 g/mol. The summed E-state index contributed by atoms with van der Waals surface area (Å²) in [6.07, 6.45) is 8.55. The lowest BCUT2D eigenvalue weighted by molar-refractivity contribution is -0.129. The molecule has 3 rings (SSSR count). The van der Waals surface area contributed by atoms with E-state index in [4.69, 9.17) is 5.53 Å². The quantitative estimate of drug-likeness (QED) is 0.00832. The Morgan fingerprint density at radius 1 is 0.778 bits per heavy atom. The van der Waals surface area contributed by atoms with E-state index >= 15 is 0 Å². The number of benzene rings is 1. The van der Waals surface area contributed by atoms with Gasteiger partial charge in [0.15, 0.2) is 32.1 Å². The van der Waals surface area contributed by atoms with E-state index in [0.29, 0.717) is 67.7 Å². The van der Waals surface area contributed by atoms with E-state index in [0.717, 1.165) is 44.1 Å². The van der Waals surface area contributed by atoms with Crippen LogP contribution in [0, 0.1) is 23.3 Å². The second-order valence-electron chi connectivity index (χ2n) is 15.0. The van der Waals surface area contributed by atoms with Crippen LogP contribution in [-0.2, 0) is 28.0 Å². The number of nitrogens with zero attached hydrogens (tertiary/aromatic N) is 3. The zero-order valence-corrected chi connectivity index (χ0v) is 37.5. The van der Waals surface area contributed by atoms with Crippen LogP contribution in [0.25, 0.3) is 10.4 Å². The highest BCUT2D eigenvalue weighted by atomic mass is 33.1. The van der Waals surface area contributed by atoms with Gasteiger partial charge in [-0.3, -0.25) is 24.0 Å². The van der Waals surface area contributed by atoms with Crippen molar-refractivity contribution in [3.63, 3.8) is 0 Å². The van der Waals surface area contributed by atoms with Gasteiger partial charge in [0.2, 0.25) is 23.6 Å². The molecule has 2 heterocycles. The maximum Gasteiger partial charge on any atom is 0.315 e. The summed E-state index contributed by atoms with van der Waals surface area (Å²) < 4.78 is 79.4. The van der Waals surface area contributed by atoms with E-state index in [1.54, 1.807) is 0 Å². The van der Waals surface area contributed by atoms with Crippen molar-refractivity contribution in [2.24, 2.45) is 5.11 Å². The molecule has 63 heavy (non-hydrogen) atoms. The van der Waals surface area contributed by atoms with Gasteiger partial charge in [-0.05, 0) is 74.1 Å². The largest absolute Gasteiger partial charge is 0.356 e. The first kappa shape index (κ1) is 52.9. The number of azide groups is 1. The number of rotatable bonds is 30. The topological polar surface area (TPSA) is 270 Å². The molecule has 2 saturated heterocycles. The Hall–Kier alpha value is -4.48. The molecule has 0 radical (unpaired) electrons. The van der Waals surface area contributed by atoms with Gasteiger partial charge in [-0.2, -0.15) is 11.8 Å². The lowest BCUT2D eigenvalue weighted by atomic mass is 10.0. The van der Waals surface area contributed by atoms with Crippen molar-refractivity contribution in [3.05, 3.63) is 39.3 Å². The highest BCUT2D eigenvalue weighted by molar-refractivity contribution is 8.71. The summed E-state index contributed by atoms with van der Waals surface area (Å²) in [5, 5.41) is 22.0. The van der Waals surface area contributed by atoms with Gasteiger partial charge in [0.25, 0.3) is 5.91 Å². The van der Waals surface area contributed by atoms with Crippen LogP contribution in [0.1, 0.15) is 107 Å². The number of amides is 7. The summed E-state index contributed by atoms with van der Waals surface area (Å²) >= 11 is 1.85. The van der Waals surface area contributed by atoms with Crippen molar-refractivity contribution < 1.29 is 54.7 Å². The second-order valence-corrected chi connectivity index (χ2v) is 20.9. The Morgan fingerprint density at radius 2 is 1.35 bits per heavy atom. The highest BCUT2D eigenvalue weighted by Gasteiger charge is 2.42. The van der Waals surface area contributed by atoms with Crippen LogP contribution in [0.5, 0.6) is 0 Å². The fourth-order valence-electron chi connectivity index (χ4n) is 6.82. The lowest BCUT2D eigenvalue weighted by Gasteiger charge is -2.19. The van der Waals surface area contributed by atoms with Crippen LogP contribution in [0.4, 0.5) is 28.0 Å². The molecule has 7 N–H and O–H groups in total. The van der Waals surface area contributed by atoms with Crippen molar-refractivity contribution in [1.29, 1.82) is 0 Å². The number of hydrogen-bond donors (Lipinski definition) is 7. The molecule has 2 aliphatic heterocycles. The number of unbranched alkanes of at least 4 members (excludes halogenated alkanes) is 6. The fourth-order valence-corrected chi connectivity index (χ4v) is 10.0. The van der Waals surface area contributed by atoms with E-state index in [1.165, 1.54) is 0 Å². The molecule has 4 atom stereocenters. The van der Waals surface area contributed by atoms with Gasteiger partial charge in [0.1, 0.15) is 17.3 Å². The molecule has 18 nitrogen and oxygen atoms in total. The number of urea groups is 1. The molecule has 0 unspecified atom stereocenters. The van der Waals surface area contributed by atoms with Gasteiger partial charge in [-0.25, -0.2) is 30.8 Å².